The summed E-state index contributed by atoms with van der Waals surface area (Å²) in [6, 6.07) is 2.59. The molecular formula is C9H9FO4. The van der Waals surface area contributed by atoms with E-state index < -0.39 is 11.6 Å². The summed E-state index contributed by atoms with van der Waals surface area (Å²) in [7, 11) is 0. The summed E-state index contributed by atoms with van der Waals surface area (Å²) in [5, 5.41) is 15.8. The van der Waals surface area contributed by atoms with E-state index in [9.17, 15) is 9.18 Å². The summed E-state index contributed by atoms with van der Waals surface area (Å²) in [4.78, 5) is 18.6. The molecule has 4 nitrogen and oxygen atoms in total. The van der Waals surface area contributed by atoms with E-state index in [2.05, 4.69) is 0 Å². The number of carboxylic acid groups (broad SMARTS) is 1. The van der Waals surface area contributed by atoms with Crippen molar-refractivity contribution in [3.63, 3.8) is 0 Å². The summed E-state index contributed by atoms with van der Waals surface area (Å²) >= 11 is 0. The van der Waals surface area contributed by atoms with Crippen molar-refractivity contribution < 1.29 is 24.2 Å². The van der Waals surface area contributed by atoms with E-state index in [1.165, 1.54) is 12.1 Å². The number of halogens is 1. The molecule has 76 valence electrons. The van der Waals surface area contributed by atoms with Crippen LogP contribution in [0.25, 0.3) is 0 Å². The lowest BCUT2D eigenvalue weighted by Crippen LogP contribution is -1.87. The smallest absolute Gasteiger partial charge is 0.290 e. The van der Waals surface area contributed by atoms with E-state index in [-0.39, 0.29) is 12.0 Å². The highest BCUT2D eigenvalue weighted by molar-refractivity contribution is 5.79. The number of benzene rings is 1. The molecule has 0 radical (unpaired) electrons. The van der Waals surface area contributed by atoms with Crippen LogP contribution in [0.2, 0.25) is 0 Å². The molecule has 0 heterocycles. The molecule has 14 heavy (non-hydrogen) atoms. The van der Waals surface area contributed by atoms with Crippen LogP contribution in [0.4, 0.5) is 4.39 Å². The predicted octanol–water partition coefficient (Wildman–Crippen LogP) is 1.35. The first-order valence-corrected chi connectivity index (χ1v) is 3.59. The number of aldehydes is 1. The minimum atomic E-state index is -0.757. The summed E-state index contributed by atoms with van der Waals surface area (Å²) in [5.41, 5.74) is 0.602. The van der Waals surface area contributed by atoms with Crippen molar-refractivity contribution in [2.45, 2.75) is 6.92 Å². The fourth-order valence-corrected chi connectivity index (χ4v) is 0.851. The van der Waals surface area contributed by atoms with Crippen LogP contribution in [0.3, 0.4) is 0 Å². The average molecular weight is 200 g/mol. The second-order valence-corrected chi connectivity index (χ2v) is 2.41. The molecule has 1 aromatic carbocycles. The molecule has 0 aliphatic rings. The minimum absolute atomic E-state index is 0.0116. The lowest BCUT2D eigenvalue weighted by Gasteiger charge is -1.99. The summed E-state index contributed by atoms with van der Waals surface area (Å²) in [6.45, 7) is 1.40. The van der Waals surface area contributed by atoms with Gasteiger partial charge in [0.05, 0.1) is 5.56 Å². The van der Waals surface area contributed by atoms with Gasteiger partial charge in [0.15, 0.2) is 17.9 Å². The highest BCUT2D eigenvalue weighted by atomic mass is 19.1. The molecule has 0 aromatic heterocycles. The van der Waals surface area contributed by atoms with Gasteiger partial charge in [-0.1, -0.05) is 0 Å². The van der Waals surface area contributed by atoms with Gasteiger partial charge in [-0.25, -0.2) is 4.39 Å². The van der Waals surface area contributed by atoms with Crippen LogP contribution in [-0.4, -0.2) is 23.0 Å². The Morgan fingerprint density at radius 2 is 1.86 bits per heavy atom. The van der Waals surface area contributed by atoms with Gasteiger partial charge in [-0.05, 0) is 24.6 Å². The number of aryl methyl sites for hydroxylation is 1. The molecule has 0 spiro atoms. The van der Waals surface area contributed by atoms with E-state index in [4.69, 9.17) is 15.0 Å². The van der Waals surface area contributed by atoms with Gasteiger partial charge >= 0.3 is 0 Å². The number of hydrogen-bond acceptors (Lipinski definition) is 3. The summed E-state index contributed by atoms with van der Waals surface area (Å²) in [6.07, 6.45) is 0.422. The molecule has 0 unspecified atom stereocenters. The maximum atomic E-state index is 12.6. The zero-order valence-electron chi connectivity index (χ0n) is 7.40. The van der Waals surface area contributed by atoms with Crippen LogP contribution in [-0.2, 0) is 4.79 Å². The number of carbonyl (C=O) groups is 2. The molecule has 0 amide bonds. The largest absolute Gasteiger partial charge is 0.504 e. The quantitative estimate of drug-likeness (QED) is 0.671. The van der Waals surface area contributed by atoms with Crippen molar-refractivity contribution in [1.29, 1.82) is 0 Å². The summed E-state index contributed by atoms with van der Waals surface area (Å²) < 4.78 is 12.6. The molecule has 0 atom stereocenters. The van der Waals surface area contributed by atoms with Crippen molar-refractivity contribution >= 4 is 12.8 Å². The molecule has 0 fully saturated rings. The number of rotatable bonds is 1. The van der Waals surface area contributed by atoms with E-state index in [1.54, 1.807) is 6.92 Å². The number of carbonyl (C=O) groups excluding carboxylic acids is 1. The Labute approximate surface area is 79.6 Å². The third-order valence-corrected chi connectivity index (χ3v) is 1.36. The van der Waals surface area contributed by atoms with Crippen LogP contribution in [0.1, 0.15) is 15.9 Å². The fourth-order valence-electron chi connectivity index (χ4n) is 0.851. The van der Waals surface area contributed by atoms with Gasteiger partial charge in [0.25, 0.3) is 6.47 Å². The van der Waals surface area contributed by atoms with Crippen molar-refractivity contribution in [3.05, 3.63) is 29.1 Å². The second kappa shape index (κ2) is 5.69. The number of hydrogen-bond donors (Lipinski definition) is 2. The molecule has 0 saturated heterocycles. The molecule has 1 aromatic rings. The number of aromatic hydroxyl groups is 1. The molecule has 5 heteroatoms. The first-order valence-electron chi connectivity index (χ1n) is 3.59. The molecule has 0 saturated carbocycles. The monoisotopic (exact) mass is 200 g/mol. The van der Waals surface area contributed by atoms with Crippen molar-refractivity contribution in [1.82, 2.24) is 0 Å². The van der Waals surface area contributed by atoms with Crippen molar-refractivity contribution in [2.75, 3.05) is 0 Å². The zero-order valence-corrected chi connectivity index (χ0v) is 7.40. The normalized spacial score (nSPS) is 8.43. The second-order valence-electron chi connectivity index (χ2n) is 2.41. The highest BCUT2D eigenvalue weighted by Crippen LogP contribution is 2.20. The van der Waals surface area contributed by atoms with E-state index >= 15 is 0 Å². The van der Waals surface area contributed by atoms with Crippen LogP contribution < -0.4 is 0 Å². The highest BCUT2D eigenvalue weighted by Gasteiger charge is 2.06. The van der Waals surface area contributed by atoms with Crippen LogP contribution >= 0.6 is 0 Å². The third-order valence-electron chi connectivity index (χ3n) is 1.36. The standard InChI is InChI=1S/C8H7FO2.CH2O2/c1-5-2-6(4-10)8(11)7(9)3-5;2-1-3/h2-4,11H,1H3;1H,(H,2,3). The number of phenolic OH excluding ortho intramolecular Hbond substituents is 1. The SMILES string of the molecule is Cc1cc(F)c(O)c(C=O)c1.O=CO. The Kier molecular flexibility index (Phi) is 4.91. The van der Waals surface area contributed by atoms with Crippen LogP contribution in [0.5, 0.6) is 5.75 Å². The van der Waals surface area contributed by atoms with E-state index in [1.807, 2.05) is 0 Å². The van der Waals surface area contributed by atoms with Gasteiger partial charge in [0.2, 0.25) is 0 Å². The van der Waals surface area contributed by atoms with Gasteiger partial charge in [-0.3, -0.25) is 9.59 Å². The van der Waals surface area contributed by atoms with Gasteiger partial charge in [-0.2, -0.15) is 0 Å². The average Bonchev–Trinajstić information content (AvgIpc) is 2.12. The maximum Gasteiger partial charge on any atom is 0.290 e. The van der Waals surface area contributed by atoms with Crippen LogP contribution in [0.15, 0.2) is 12.1 Å². The van der Waals surface area contributed by atoms with Gasteiger partial charge in [0, 0.05) is 0 Å². The van der Waals surface area contributed by atoms with Crippen molar-refractivity contribution in [2.24, 2.45) is 0 Å². The Morgan fingerprint density at radius 1 is 1.36 bits per heavy atom. The maximum absolute atomic E-state index is 12.6. The Balaban J connectivity index is 0.000000500. The Morgan fingerprint density at radius 3 is 2.29 bits per heavy atom. The van der Waals surface area contributed by atoms with Gasteiger partial charge in [0.1, 0.15) is 0 Å². The zero-order chi connectivity index (χ0) is 11.1. The Hall–Kier alpha value is -1.91. The Bertz CT molecular complexity index is 336. The lowest BCUT2D eigenvalue weighted by atomic mass is 10.1. The third kappa shape index (κ3) is 3.22. The molecule has 1 rings (SSSR count). The first-order chi connectivity index (χ1) is 6.56. The molecule has 0 aliphatic carbocycles. The van der Waals surface area contributed by atoms with E-state index in [0.29, 0.717) is 11.8 Å². The molecule has 2 N–H and O–H groups in total. The number of phenols is 1. The first kappa shape index (κ1) is 12.1. The molecule has 0 bridgehead atoms. The van der Waals surface area contributed by atoms with Gasteiger partial charge < -0.3 is 10.2 Å². The lowest BCUT2D eigenvalue weighted by molar-refractivity contribution is -0.122. The topological polar surface area (TPSA) is 74.6 Å². The van der Waals surface area contributed by atoms with Crippen LogP contribution in [0, 0.1) is 12.7 Å². The predicted molar refractivity (Wildman–Crippen MR) is 46.9 cm³/mol. The molecular weight excluding hydrogens is 191 g/mol. The fraction of sp³-hybridized carbons (Fsp3) is 0.111. The molecule has 0 aliphatic heterocycles. The summed E-state index contributed by atoms with van der Waals surface area (Å²) in [5.74, 6) is -1.34. The minimum Gasteiger partial charge on any atom is -0.504 e. The van der Waals surface area contributed by atoms with Gasteiger partial charge in [-0.15, -0.1) is 0 Å². The van der Waals surface area contributed by atoms with E-state index in [0.717, 1.165) is 0 Å². The van der Waals surface area contributed by atoms with Crippen molar-refractivity contribution in [3.8, 4) is 5.75 Å².